The van der Waals surface area contributed by atoms with Crippen molar-refractivity contribution >= 4 is 23.3 Å². The van der Waals surface area contributed by atoms with Gasteiger partial charge in [0.05, 0.1) is 5.69 Å². The summed E-state index contributed by atoms with van der Waals surface area (Å²) in [4.78, 5) is 12.5. The Morgan fingerprint density at radius 2 is 2.13 bits per heavy atom. The molecule has 0 spiro atoms. The number of nitrogens with two attached hydrogens (primary N) is 1. The van der Waals surface area contributed by atoms with Crippen LogP contribution in [0.5, 0.6) is 5.75 Å². The van der Waals surface area contributed by atoms with Crippen LogP contribution < -0.4 is 10.6 Å². The van der Waals surface area contributed by atoms with Gasteiger partial charge in [-0.2, -0.15) is 0 Å². The number of urea groups is 1. The Morgan fingerprint density at radius 1 is 1.53 bits per heavy atom. The second kappa shape index (κ2) is 4.40. The normalized spacial score (nSPS) is 10.4. The first-order valence-corrected chi connectivity index (χ1v) is 4.88. The van der Waals surface area contributed by atoms with Gasteiger partial charge in [0.15, 0.2) is 0 Å². The van der Waals surface area contributed by atoms with Crippen LogP contribution in [0.1, 0.15) is 13.8 Å². The number of aromatic hydroxyl groups is 1. The molecular weight excluding hydrogens is 216 g/mol. The predicted octanol–water partition coefficient (Wildman–Crippen LogP) is 2.34. The van der Waals surface area contributed by atoms with Crippen molar-refractivity contribution in [2.24, 2.45) is 5.73 Å². The Hall–Kier alpha value is -1.42. The standard InChI is InChI=1S/C10H13ClN2O2/c1-6(2)13(10(12)15)8-5-7(11)3-4-9(8)14/h3-6,14H,1-2H3,(H2,12,15). The first-order chi connectivity index (χ1) is 6.93. The quantitative estimate of drug-likeness (QED) is 0.816. The largest absolute Gasteiger partial charge is 0.506 e. The maximum atomic E-state index is 11.2. The molecule has 0 atom stereocenters. The number of halogens is 1. The topological polar surface area (TPSA) is 66.6 Å². The molecular formula is C10H13ClN2O2. The number of amides is 2. The van der Waals surface area contributed by atoms with Crippen molar-refractivity contribution in [3.8, 4) is 5.75 Å². The Morgan fingerprint density at radius 3 is 2.60 bits per heavy atom. The van der Waals surface area contributed by atoms with Crippen LogP contribution in [0.2, 0.25) is 5.02 Å². The Kier molecular flexibility index (Phi) is 3.42. The highest BCUT2D eigenvalue weighted by Gasteiger charge is 2.19. The zero-order valence-electron chi connectivity index (χ0n) is 8.57. The lowest BCUT2D eigenvalue weighted by molar-refractivity contribution is 0.252. The second-order valence-electron chi connectivity index (χ2n) is 3.44. The lowest BCUT2D eigenvalue weighted by Gasteiger charge is -2.25. The number of nitrogens with zero attached hydrogens (tertiary/aromatic N) is 1. The van der Waals surface area contributed by atoms with Gasteiger partial charge in [-0.1, -0.05) is 11.6 Å². The molecule has 15 heavy (non-hydrogen) atoms. The van der Waals surface area contributed by atoms with E-state index in [0.717, 1.165) is 0 Å². The van der Waals surface area contributed by atoms with Gasteiger partial charge in [0, 0.05) is 11.1 Å². The maximum absolute atomic E-state index is 11.2. The van der Waals surface area contributed by atoms with Gasteiger partial charge in [0.1, 0.15) is 5.75 Å². The summed E-state index contributed by atoms with van der Waals surface area (Å²) in [5.74, 6) is -0.0214. The highest BCUT2D eigenvalue weighted by atomic mass is 35.5. The third-order valence-electron chi connectivity index (χ3n) is 1.95. The molecule has 1 aromatic carbocycles. The number of benzene rings is 1. The smallest absolute Gasteiger partial charge is 0.319 e. The monoisotopic (exact) mass is 228 g/mol. The number of primary amides is 1. The summed E-state index contributed by atoms with van der Waals surface area (Å²) in [6.07, 6.45) is 0. The van der Waals surface area contributed by atoms with Gasteiger partial charge in [0.2, 0.25) is 0 Å². The van der Waals surface area contributed by atoms with Gasteiger partial charge in [-0.3, -0.25) is 4.90 Å². The van der Waals surface area contributed by atoms with Crippen LogP contribution in [0, 0.1) is 0 Å². The van der Waals surface area contributed by atoms with Crippen molar-refractivity contribution in [3.63, 3.8) is 0 Å². The molecule has 1 aromatic rings. The summed E-state index contributed by atoms with van der Waals surface area (Å²) in [5.41, 5.74) is 5.55. The number of hydrogen-bond donors (Lipinski definition) is 2. The summed E-state index contributed by atoms with van der Waals surface area (Å²) in [5, 5.41) is 10.0. The highest BCUT2D eigenvalue weighted by molar-refractivity contribution is 6.31. The number of hydrogen-bond acceptors (Lipinski definition) is 2. The Bertz CT molecular complexity index is 380. The molecule has 0 aromatic heterocycles. The predicted molar refractivity (Wildman–Crippen MR) is 60.3 cm³/mol. The van der Waals surface area contributed by atoms with Crippen molar-refractivity contribution in [1.29, 1.82) is 0 Å². The van der Waals surface area contributed by atoms with Crippen molar-refractivity contribution in [3.05, 3.63) is 23.2 Å². The van der Waals surface area contributed by atoms with E-state index < -0.39 is 6.03 Å². The minimum atomic E-state index is -0.623. The highest BCUT2D eigenvalue weighted by Crippen LogP contribution is 2.31. The molecule has 2 amide bonds. The minimum absolute atomic E-state index is 0.0214. The van der Waals surface area contributed by atoms with E-state index in [-0.39, 0.29) is 11.8 Å². The van der Waals surface area contributed by atoms with E-state index >= 15 is 0 Å². The van der Waals surface area contributed by atoms with Gasteiger partial charge in [-0.05, 0) is 32.0 Å². The molecule has 4 nitrogen and oxygen atoms in total. The summed E-state index contributed by atoms with van der Waals surface area (Å²) >= 11 is 5.78. The van der Waals surface area contributed by atoms with E-state index in [0.29, 0.717) is 10.7 Å². The number of rotatable bonds is 2. The Balaban J connectivity index is 3.22. The zero-order valence-corrected chi connectivity index (χ0v) is 9.32. The molecule has 3 N–H and O–H groups in total. The van der Waals surface area contributed by atoms with E-state index in [9.17, 15) is 9.90 Å². The van der Waals surface area contributed by atoms with Gasteiger partial charge in [-0.15, -0.1) is 0 Å². The van der Waals surface area contributed by atoms with Crippen molar-refractivity contribution in [2.75, 3.05) is 4.90 Å². The number of carbonyl (C=O) groups is 1. The first-order valence-electron chi connectivity index (χ1n) is 4.50. The lowest BCUT2D eigenvalue weighted by atomic mass is 10.2. The van der Waals surface area contributed by atoms with Crippen molar-refractivity contribution < 1.29 is 9.90 Å². The molecule has 0 saturated carbocycles. The van der Waals surface area contributed by atoms with Crippen LogP contribution in [-0.2, 0) is 0 Å². The maximum Gasteiger partial charge on any atom is 0.319 e. The van der Waals surface area contributed by atoms with Crippen LogP contribution in [0.15, 0.2) is 18.2 Å². The van der Waals surface area contributed by atoms with Crippen LogP contribution >= 0.6 is 11.6 Å². The summed E-state index contributed by atoms with van der Waals surface area (Å²) < 4.78 is 0. The van der Waals surface area contributed by atoms with Gasteiger partial charge in [-0.25, -0.2) is 4.79 Å². The van der Waals surface area contributed by atoms with Gasteiger partial charge in [0.25, 0.3) is 0 Å². The van der Waals surface area contributed by atoms with E-state index in [1.54, 1.807) is 19.9 Å². The van der Waals surface area contributed by atoms with Crippen LogP contribution in [0.4, 0.5) is 10.5 Å². The fourth-order valence-corrected chi connectivity index (χ4v) is 1.51. The molecule has 0 bridgehead atoms. The van der Waals surface area contributed by atoms with E-state index in [2.05, 4.69) is 0 Å². The van der Waals surface area contributed by atoms with Crippen molar-refractivity contribution in [1.82, 2.24) is 0 Å². The molecule has 0 heterocycles. The van der Waals surface area contributed by atoms with E-state index in [4.69, 9.17) is 17.3 Å². The molecule has 0 fully saturated rings. The number of anilines is 1. The average Bonchev–Trinajstić information content (AvgIpc) is 2.10. The molecule has 1 rings (SSSR count). The third-order valence-corrected chi connectivity index (χ3v) is 2.19. The lowest BCUT2D eigenvalue weighted by Crippen LogP contribution is -2.40. The van der Waals surface area contributed by atoms with E-state index in [1.165, 1.54) is 17.0 Å². The first kappa shape index (κ1) is 11.7. The SMILES string of the molecule is CC(C)N(C(N)=O)c1cc(Cl)ccc1O. The molecule has 0 radical (unpaired) electrons. The minimum Gasteiger partial charge on any atom is -0.506 e. The molecule has 0 aliphatic carbocycles. The third kappa shape index (κ3) is 2.53. The van der Waals surface area contributed by atoms with Crippen LogP contribution in [-0.4, -0.2) is 17.2 Å². The number of phenolic OH excluding ortho intramolecular Hbond substituents is 1. The molecule has 82 valence electrons. The fourth-order valence-electron chi connectivity index (χ4n) is 1.34. The summed E-state index contributed by atoms with van der Waals surface area (Å²) in [7, 11) is 0. The van der Waals surface area contributed by atoms with Crippen molar-refractivity contribution in [2.45, 2.75) is 19.9 Å². The molecule has 0 saturated heterocycles. The zero-order chi connectivity index (χ0) is 11.6. The van der Waals surface area contributed by atoms with E-state index in [1.807, 2.05) is 0 Å². The molecule has 0 aliphatic heterocycles. The Labute approximate surface area is 93.2 Å². The molecule has 5 heteroatoms. The molecule has 0 unspecified atom stereocenters. The van der Waals surface area contributed by atoms with Gasteiger partial charge < -0.3 is 10.8 Å². The summed E-state index contributed by atoms with van der Waals surface area (Å²) in [6, 6.07) is 3.70. The van der Waals surface area contributed by atoms with Crippen LogP contribution in [0.25, 0.3) is 0 Å². The number of carbonyl (C=O) groups excluding carboxylic acids is 1. The summed E-state index contributed by atoms with van der Waals surface area (Å²) in [6.45, 7) is 3.59. The van der Waals surface area contributed by atoms with Gasteiger partial charge >= 0.3 is 6.03 Å². The second-order valence-corrected chi connectivity index (χ2v) is 3.87. The van der Waals surface area contributed by atoms with Crippen LogP contribution in [0.3, 0.4) is 0 Å². The number of phenols is 1. The fraction of sp³-hybridized carbons (Fsp3) is 0.300. The molecule has 0 aliphatic rings. The average molecular weight is 229 g/mol.